The molecular formula is C63H120O6. The first-order valence-electron chi connectivity index (χ1n) is 31.2. The molecule has 69 heavy (non-hydrogen) atoms. The molecule has 0 heterocycles. The summed E-state index contributed by atoms with van der Waals surface area (Å²) in [6, 6.07) is 0. The smallest absolute Gasteiger partial charge is 0.306 e. The number of rotatable bonds is 58. The van der Waals surface area contributed by atoms with Crippen LogP contribution in [0.4, 0.5) is 0 Å². The summed E-state index contributed by atoms with van der Waals surface area (Å²) < 4.78 is 16.9. The van der Waals surface area contributed by atoms with Crippen LogP contribution in [-0.4, -0.2) is 37.2 Å². The standard InChI is InChI=1S/C63H120O6/c1-4-7-10-13-16-19-22-24-26-27-28-29-30-31-32-33-34-35-36-38-39-41-44-47-50-53-56-62(65)68-59-60(58-67-61(64)55-52-49-46-43-21-18-15-12-9-6-3)69-63(66)57-54-51-48-45-42-40-37-25-23-20-17-14-11-8-5-2/h12,15,60H,4-11,13-14,16-59H2,1-3H3/b15-12-. The van der Waals surface area contributed by atoms with Gasteiger partial charge in [-0.1, -0.05) is 309 Å². The lowest BCUT2D eigenvalue weighted by Crippen LogP contribution is -2.30. The van der Waals surface area contributed by atoms with Gasteiger partial charge in [0.1, 0.15) is 13.2 Å². The highest BCUT2D eigenvalue weighted by atomic mass is 16.6. The van der Waals surface area contributed by atoms with Gasteiger partial charge >= 0.3 is 17.9 Å². The van der Waals surface area contributed by atoms with Gasteiger partial charge in [-0.3, -0.25) is 14.4 Å². The summed E-state index contributed by atoms with van der Waals surface area (Å²) in [6.45, 7) is 6.64. The summed E-state index contributed by atoms with van der Waals surface area (Å²) in [5.74, 6) is -0.852. The van der Waals surface area contributed by atoms with Crippen molar-refractivity contribution in [2.75, 3.05) is 13.2 Å². The van der Waals surface area contributed by atoms with E-state index in [1.807, 2.05) is 0 Å². The Morgan fingerprint density at radius 2 is 0.507 bits per heavy atom. The summed E-state index contributed by atoms with van der Waals surface area (Å²) in [7, 11) is 0. The van der Waals surface area contributed by atoms with Crippen LogP contribution < -0.4 is 0 Å². The Bertz CT molecular complexity index is 1070. The van der Waals surface area contributed by atoms with Gasteiger partial charge in [0, 0.05) is 19.3 Å². The Kier molecular flexibility index (Phi) is 57.1. The first kappa shape index (κ1) is 67.1. The Labute approximate surface area is 431 Å². The zero-order chi connectivity index (χ0) is 50.0. The fraction of sp³-hybridized carbons (Fsp3) is 0.921. The molecule has 0 aliphatic carbocycles. The van der Waals surface area contributed by atoms with Crippen molar-refractivity contribution in [3.63, 3.8) is 0 Å². The molecule has 0 bridgehead atoms. The molecule has 0 saturated heterocycles. The lowest BCUT2D eigenvalue weighted by Gasteiger charge is -2.18. The Balaban J connectivity index is 4.11. The number of carbonyl (C=O) groups is 3. The van der Waals surface area contributed by atoms with Crippen LogP contribution >= 0.6 is 0 Å². The van der Waals surface area contributed by atoms with Gasteiger partial charge in [-0.25, -0.2) is 0 Å². The van der Waals surface area contributed by atoms with Crippen LogP contribution in [0, 0.1) is 0 Å². The van der Waals surface area contributed by atoms with Crippen molar-refractivity contribution < 1.29 is 28.6 Å². The highest BCUT2D eigenvalue weighted by Gasteiger charge is 2.19. The minimum absolute atomic E-state index is 0.0666. The molecule has 0 spiro atoms. The van der Waals surface area contributed by atoms with E-state index in [2.05, 4.69) is 32.9 Å². The molecule has 0 aromatic carbocycles. The predicted molar refractivity (Wildman–Crippen MR) is 298 cm³/mol. The second kappa shape index (κ2) is 58.7. The zero-order valence-electron chi connectivity index (χ0n) is 46.9. The number of esters is 3. The molecular weight excluding hydrogens is 853 g/mol. The molecule has 6 nitrogen and oxygen atoms in total. The van der Waals surface area contributed by atoms with E-state index in [4.69, 9.17) is 14.2 Å². The molecule has 1 unspecified atom stereocenters. The van der Waals surface area contributed by atoms with Gasteiger partial charge in [0.25, 0.3) is 0 Å². The summed E-state index contributed by atoms with van der Waals surface area (Å²) >= 11 is 0. The zero-order valence-corrected chi connectivity index (χ0v) is 46.9. The van der Waals surface area contributed by atoms with Crippen molar-refractivity contribution in [3.8, 4) is 0 Å². The number of hydrogen-bond acceptors (Lipinski definition) is 6. The maximum absolute atomic E-state index is 12.8. The van der Waals surface area contributed by atoms with Crippen LogP contribution in [0.25, 0.3) is 0 Å². The summed E-state index contributed by atoms with van der Waals surface area (Å²) in [5, 5.41) is 0. The molecule has 1 atom stereocenters. The molecule has 6 heteroatoms. The molecule has 0 saturated carbocycles. The third-order valence-electron chi connectivity index (χ3n) is 14.3. The first-order chi connectivity index (χ1) is 34.0. The van der Waals surface area contributed by atoms with E-state index < -0.39 is 6.10 Å². The minimum Gasteiger partial charge on any atom is -0.462 e. The Morgan fingerprint density at radius 1 is 0.275 bits per heavy atom. The van der Waals surface area contributed by atoms with Gasteiger partial charge in [-0.05, 0) is 38.5 Å². The molecule has 0 amide bonds. The highest BCUT2D eigenvalue weighted by molar-refractivity contribution is 5.71. The van der Waals surface area contributed by atoms with Crippen molar-refractivity contribution in [1.82, 2.24) is 0 Å². The molecule has 0 aliphatic rings. The molecule has 0 rings (SSSR count). The summed E-state index contributed by atoms with van der Waals surface area (Å²) in [4.78, 5) is 38.1. The maximum Gasteiger partial charge on any atom is 0.306 e. The Morgan fingerprint density at radius 3 is 0.783 bits per heavy atom. The normalized spacial score (nSPS) is 12.0. The highest BCUT2D eigenvalue weighted by Crippen LogP contribution is 2.18. The van der Waals surface area contributed by atoms with Gasteiger partial charge in [0.2, 0.25) is 0 Å². The van der Waals surface area contributed by atoms with Gasteiger partial charge in [-0.15, -0.1) is 0 Å². The van der Waals surface area contributed by atoms with E-state index in [9.17, 15) is 14.4 Å². The van der Waals surface area contributed by atoms with Gasteiger partial charge in [0.15, 0.2) is 6.10 Å². The van der Waals surface area contributed by atoms with Crippen molar-refractivity contribution in [2.24, 2.45) is 0 Å². The average Bonchev–Trinajstić information content (AvgIpc) is 3.35. The van der Waals surface area contributed by atoms with Crippen molar-refractivity contribution in [1.29, 1.82) is 0 Å². The molecule has 0 aromatic rings. The number of carbonyl (C=O) groups excluding carboxylic acids is 3. The third kappa shape index (κ3) is 56.9. The predicted octanol–water partition coefficient (Wildman–Crippen LogP) is 20.9. The van der Waals surface area contributed by atoms with Crippen LogP contribution in [0.15, 0.2) is 12.2 Å². The Hall–Kier alpha value is -1.85. The summed E-state index contributed by atoms with van der Waals surface area (Å²) in [6.07, 6.45) is 68.1. The van der Waals surface area contributed by atoms with E-state index in [0.29, 0.717) is 19.3 Å². The van der Waals surface area contributed by atoms with Crippen LogP contribution in [0.3, 0.4) is 0 Å². The van der Waals surface area contributed by atoms with Gasteiger partial charge in [0.05, 0.1) is 0 Å². The largest absolute Gasteiger partial charge is 0.462 e. The van der Waals surface area contributed by atoms with E-state index in [0.717, 1.165) is 70.6 Å². The molecule has 0 aromatic heterocycles. The van der Waals surface area contributed by atoms with Crippen LogP contribution in [0.5, 0.6) is 0 Å². The van der Waals surface area contributed by atoms with Crippen LogP contribution in [0.1, 0.15) is 355 Å². The number of unbranched alkanes of at least 4 members (excludes halogenated alkanes) is 45. The van der Waals surface area contributed by atoms with E-state index in [1.54, 1.807) is 0 Å². The first-order valence-corrected chi connectivity index (χ1v) is 31.2. The molecule has 408 valence electrons. The monoisotopic (exact) mass is 973 g/mol. The van der Waals surface area contributed by atoms with Crippen LogP contribution in [0.2, 0.25) is 0 Å². The fourth-order valence-corrected chi connectivity index (χ4v) is 9.57. The van der Waals surface area contributed by atoms with Crippen molar-refractivity contribution >= 4 is 17.9 Å². The minimum atomic E-state index is -0.767. The topological polar surface area (TPSA) is 78.9 Å². The third-order valence-corrected chi connectivity index (χ3v) is 14.3. The average molecular weight is 974 g/mol. The summed E-state index contributed by atoms with van der Waals surface area (Å²) in [5.41, 5.74) is 0. The molecule has 0 aliphatic heterocycles. The van der Waals surface area contributed by atoms with E-state index in [-0.39, 0.29) is 31.1 Å². The van der Waals surface area contributed by atoms with Crippen molar-refractivity contribution in [3.05, 3.63) is 12.2 Å². The van der Waals surface area contributed by atoms with Gasteiger partial charge < -0.3 is 14.2 Å². The molecule has 0 radical (unpaired) electrons. The molecule has 0 N–H and O–H groups in total. The maximum atomic E-state index is 12.8. The van der Waals surface area contributed by atoms with Crippen molar-refractivity contribution in [2.45, 2.75) is 361 Å². The molecule has 0 fully saturated rings. The second-order valence-corrected chi connectivity index (χ2v) is 21.3. The SMILES string of the molecule is CCC/C=C\CCCCCCCC(=O)OCC(COC(=O)CCCCCCCCCCCCCCCCCCCCCCCCCCCC)OC(=O)CCCCCCCCCCCCCCCCC. The van der Waals surface area contributed by atoms with E-state index >= 15 is 0 Å². The lowest BCUT2D eigenvalue weighted by atomic mass is 10.0. The van der Waals surface area contributed by atoms with E-state index in [1.165, 1.54) is 244 Å². The number of hydrogen-bond donors (Lipinski definition) is 0. The lowest BCUT2D eigenvalue weighted by molar-refractivity contribution is -0.167. The fourth-order valence-electron chi connectivity index (χ4n) is 9.57. The van der Waals surface area contributed by atoms with Gasteiger partial charge in [-0.2, -0.15) is 0 Å². The second-order valence-electron chi connectivity index (χ2n) is 21.3. The van der Waals surface area contributed by atoms with Crippen LogP contribution in [-0.2, 0) is 28.6 Å². The number of ether oxygens (including phenoxy) is 3. The quantitative estimate of drug-likeness (QED) is 0.0261. The number of allylic oxidation sites excluding steroid dienone is 2.